The van der Waals surface area contributed by atoms with E-state index in [1.807, 2.05) is 25.2 Å². The molecule has 5 nitrogen and oxygen atoms in total. The minimum absolute atomic E-state index is 0.0351. The zero-order valence-electron chi connectivity index (χ0n) is 23.6. The Hall–Kier alpha value is -2.64. The largest absolute Gasteiger partial charge is 0.481 e. The highest BCUT2D eigenvalue weighted by Gasteiger charge is 2.28. The van der Waals surface area contributed by atoms with E-state index in [1.165, 1.54) is 11.1 Å². The second-order valence-electron chi connectivity index (χ2n) is 11.6. The third-order valence-corrected chi connectivity index (χ3v) is 8.70. The summed E-state index contributed by atoms with van der Waals surface area (Å²) in [5.74, 6) is -0.133. The number of hydrogen-bond acceptors (Lipinski definition) is 5. The van der Waals surface area contributed by atoms with E-state index in [0.29, 0.717) is 25.4 Å². The number of carboxylic acids is 1. The van der Waals surface area contributed by atoms with E-state index in [4.69, 9.17) is 5.11 Å². The normalized spacial score (nSPS) is 14.5. The van der Waals surface area contributed by atoms with Crippen LogP contribution in [-0.4, -0.2) is 52.3 Å². The van der Waals surface area contributed by atoms with Crippen LogP contribution < -0.4 is 5.32 Å². The summed E-state index contributed by atoms with van der Waals surface area (Å²) in [4.78, 5) is 12.2. The molecule has 0 amide bonds. The van der Waals surface area contributed by atoms with E-state index < -0.39 is 12.1 Å². The minimum atomic E-state index is -0.781. The lowest BCUT2D eigenvalue weighted by Gasteiger charge is -2.31. The van der Waals surface area contributed by atoms with Crippen molar-refractivity contribution in [2.24, 2.45) is 5.92 Å². The van der Waals surface area contributed by atoms with Crippen LogP contribution >= 0.6 is 11.9 Å². The van der Waals surface area contributed by atoms with Gasteiger partial charge in [-0.15, -0.1) is 0 Å². The van der Waals surface area contributed by atoms with Crippen LogP contribution in [0.1, 0.15) is 48.9 Å². The first-order chi connectivity index (χ1) is 18.6. The van der Waals surface area contributed by atoms with Crippen molar-refractivity contribution in [3.63, 3.8) is 0 Å². The summed E-state index contributed by atoms with van der Waals surface area (Å²) in [6, 6.07) is 23.2. The molecular weight excluding hydrogens is 504 g/mol. The fourth-order valence-corrected chi connectivity index (χ4v) is 6.64. The molecule has 39 heavy (non-hydrogen) atoms. The summed E-state index contributed by atoms with van der Waals surface area (Å²) < 4.78 is 2.09. The average Bonchev–Trinajstić information content (AvgIpc) is 3.29. The van der Waals surface area contributed by atoms with E-state index in [-0.39, 0.29) is 12.0 Å². The maximum Gasteiger partial charge on any atom is 0.303 e. The number of hydrogen-bond donors (Lipinski definition) is 3. The molecular formula is C33H42N2O3S. The van der Waals surface area contributed by atoms with E-state index >= 15 is 0 Å². The van der Waals surface area contributed by atoms with Crippen LogP contribution in [0.3, 0.4) is 0 Å². The second-order valence-corrected chi connectivity index (χ2v) is 12.8. The lowest BCUT2D eigenvalue weighted by atomic mass is 9.88. The molecule has 208 valence electrons. The van der Waals surface area contributed by atoms with Gasteiger partial charge in [0.1, 0.15) is 0 Å². The first-order valence-corrected chi connectivity index (χ1v) is 14.7. The van der Waals surface area contributed by atoms with Crippen LogP contribution in [0.15, 0.2) is 71.6 Å². The molecule has 1 atom stereocenters. The molecule has 0 heterocycles. The van der Waals surface area contributed by atoms with Crippen LogP contribution in [0.4, 0.5) is 0 Å². The zero-order chi connectivity index (χ0) is 28.0. The molecule has 4 rings (SSSR count). The van der Waals surface area contributed by atoms with Gasteiger partial charge >= 0.3 is 5.97 Å². The van der Waals surface area contributed by atoms with Crippen LogP contribution in [0, 0.1) is 12.8 Å². The first kappa shape index (κ1) is 29.3. The van der Waals surface area contributed by atoms with E-state index in [2.05, 4.69) is 78.9 Å². The summed E-state index contributed by atoms with van der Waals surface area (Å²) >= 11 is 1.64. The molecule has 0 fully saturated rings. The van der Waals surface area contributed by atoms with E-state index in [9.17, 15) is 9.90 Å². The van der Waals surface area contributed by atoms with Crippen LogP contribution in [-0.2, 0) is 24.1 Å². The highest BCUT2D eigenvalue weighted by molar-refractivity contribution is 7.97. The molecule has 3 aromatic rings. The molecule has 0 saturated heterocycles. The Bertz CT molecular complexity index is 1250. The van der Waals surface area contributed by atoms with Gasteiger partial charge in [-0.1, -0.05) is 60.7 Å². The smallest absolute Gasteiger partial charge is 0.303 e. The number of likely N-dealkylation sites (N-methyl/N-ethyl adjacent to an activating group) is 1. The van der Waals surface area contributed by atoms with Gasteiger partial charge in [-0.2, -0.15) is 0 Å². The molecule has 0 aromatic heterocycles. The molecule has 0 saturated carbocycles. The van der Waals surface area contributed by atoms with Crippen molar-refractivity contribution in [2.45, 2.75) is 69.4 Å². The van der Waals surface area contributed by atoms with Crippen molar-refractivity contribution in [3.8, 4) is 11.1 Å². The number of benzene rings is 3. The predicted octanol–water partition coefficient (Wildman–Crippen LogP) is 6.15. The highest BCUT2D eigenvalue weighted by Crippen LogP contribution is 2.33. The fraction of sp³-hybridized carbons (Fsp3) is 0.424. The SMILES string of the molecule is Cc1cc(-c2ccccc2CCC(=O)O)ccc1SN(C)C[C@H](O)CNC(C)(C)CC1Cc2ccccc2C1. The van der Waals surface area contributed by atoms with Gasteiger partial charge in [0.25, 0.3) is 0 Å². The molecule has 0 aliphatic heterocycles. The third kappa shape index (κ3) is 8.42. The first-order valence-electron chi connectivity index (χ1n) is 13.9. The van der Waals surface area contributed by atoms with Crippen LogP contribution in [0.5, 0.6) is 0 Å². The number of aliphatic hydroxyl groups excluding tert-OH is 1. The number of β-amino-alcohol motifs (C(OH)–C–C–N with tert-alkyl or cyclic N) is 1. The van der Waals surface area contributed by atoms with Gasteiger partial charge in [-0.25, -0.2) is 4.31 Å². The molecule has 0 spiro atoms. The number of fused-ring (bicyclic) bond motifs is 1. The quantitative estimate of drug-likeness (QED) is 0.223. The number of carbonyl (C=O) groups is 1. The Morgan fingerprint density at radius 1 is 1.08 bits per heavy atom. The van der Waals surface area contributed by atoms with Crippen LogP contribution in [0.2, 0.25) is 0 Å². The predicted molar refractivity (Wildman–Crippen MR) is 161 cm³/mol. The van der Waals surface area contributed by atoms with Gasteiger partial charge in [0, 0.05) is 29.9 Å². The van der Waals surface area contributed by atoms with Crippen molar-refractivity contribution in [3.05, 3.63) is 89.0 Å². The molecule has 3 N–H and O–H groups in total. The van der Waals surface area contributed by atoms with Gasteiger partial charge in [0.2, 0.25) is 0 Å². The molecule has 0 bridgehead atoms. The number of aliphatic hydroxyl groups is 1. The Kier molecular flexibility index (Phi) is 9.89. The topological polar surface area (TPSA) is 72.8 Å². The maximum atomic E-state index is 11.1. The second kappa shape index (κ2) is 13.1. The summed E-state index contributed by atoms with van der Waals surface area (Å²) in [5, 5.41) is 23.5. The van der Waals surface area contributed by atoms with Crippen LogP contribution in [0.25, 0.3) is 11.1 Å². The van der Waals surface area contributed by atoms with E-state index in [0.717, 1.165) is 46.4 Å². The number of aliphatic carboxylic acids is 1. The Morgan fingerprint density at radius 3 is 2.41 bits per heavy atom. The van der Waals surface area contributed by atoms with Gasteiger partial charge in [-0.3, -0.25) is 4.79 Å². The molecule has 0 unspecified atom stereocenters. The third-order valence-electron chi connectivity index (χ3n) is 7.58. The average molecular weight is 547 g/mol. The minimum Gasteiger partial charge on any atom is -0.481 e. The van der Waals surface area contributed by atoms with Crippen molar-refractivity contribution in [1.29, 1.82) is 0 Å². The number of aryl methyl sites for hydroxylation is 2. The summed E-state index contributed by atoms with van der Waals surface area (Å²) in [6.45, 7) is 7.70. The fourth-order valence-electron chi connectivity index (χ4n) is 5.73. The van der Waals surface area contributed by atoms with Crippen molar-refractivity contribution in [1.82, 2.24) is 9.62 Å². The zero-order valence-corrected chi connectivity index (χ0v) is 24.4. The summed E-state index contributed by atoms with van der Waals surface area (Å²) in [5.41, 5.74) is 7.32. The van der Waals surface area contributed by atoms with Crippen molar-refractivity contribution >= 4 is 17.9 Å². The van der Waals surface area contributed by atoms with E-state index in [1.54, 1.807) is 11.9 Å². The van der Waals surface area contributed by atoms with Crippen molar-refractivity contribution in [2.75, 3.05) is 20.1 Å². The van der Waals surface area contributed by atoms with Crippen molar-refractivity contribution < 1.29 is 15.0 Å². The number of rotatable bonds is 13. The van der Waals surface area contributed by atoms with Gasteiger partial charge in [0.15, 0.2) is 0 Å². The Morgan fingerprint density at radius 2 is 1.74 bits per heavy atom. The number of nitrogens with one attached hydrogen (secondary N) is 1. The standard InChI is InChI=1S/C33H42N2O3S/c1-23-17-28(30-12-8-7-9-25(30)14-16-32(37)38)13-15-31(23)39-35(4)22-29(36)21-34-33(2,3)20-24-18-26-10-5-6-11-27(26)19-24/h5-13,15,17,24,29,34,36H,14,16,18-22H2,1-4H3,(H,37,38)/t29-/m1/s1. The lowest BCUT2D eigenvalue weighted by Crippen LogP contribution is -2.46. The molecule has 3 aromatic carbocycles. The van der Waals surface area contributed by atoms with Gasteiger partial charge < -0.3 is 15.5 Å². The monoisotopic (exact) mass is 546 g/mol. The number of nitrogens with zero attached hydrogens (tertiary/aromatic N) is 1. The molecule has 0 radical (unpaired) electrons. The highest BCUT2D eigenvalue weighted by atomic mass is 32.2. The summed E-state index contributed by atoms with van der Waals surface area (Å²) in [7, 11) is 2.02. The molecule has 1 aliphatic carbocycles. The lowest BCUT2D eigenvalue weighted by molar-refractivity contribution is -0.136. The molecule has 1 aliphatic rings. The van der Waals surface area contributed by atoms with Gasteiger partial charge in [0.05, 0.1) is 6.10 Å². The Labute approximate surface area is 237 Å². The van der Waals surface area contributed by atoms with Gasteiger partial charge in [-0.05, 0) is 111 Å². The number of carboxylic acid groups (broad SMARTS) is 1. The summed E-state index contributed by atoms with van der Waals surface area (Å²) in [6.07, 6.45) is 3.55. The molecule has 6 heteroatoms. The maximum absolute atomic E-state index is 11.1. The Balaban J connectivity index is 1.27.